The summed E-state index contributed by atoms with van der Waals surface area (Å²) >= 11 is 0.960. The molecule has 6 nitrogen and oxygen atoms in total. The number of hydrogen-bond donors (Lipinski definition) is 3. The van der Waals surface area contributed by atoms with Crippen molar-refractivity contribution in [2.24, 2.45) is 4.99 Å². The van der Waals surface area contributed by atoms with E-state index in [2.05, 4.69) is 27.0 Å². The number of aryl methyl sites for hydroxylation is 1. The van der Waals surface area contributed by atoms with Crippen molar-refractivity contribution >= 4 is 36.1 Å². The number of allylic oxidation sites excluding steroid dienone is 1. The first-order valence-corrected chi connectivity index (χ1v) is 8.32. The molecule has 0 aliphatic carbocycles. The first-order valence-electron chi connectivity index (χ1n) is 7.33. The average molecular weight is 402 g/mol. The molecule has 144 valence electrons. The van der Waals surface area contributed by atoms with Crippen molar-refractivity contribution in [1.82, 2.24) is 9.97 Å². The molecule has 0 atom stereocenters. The summed E-state index contributed by atoms with van der Waals surface area (Å²) in [5.74, 6) is -2.00. The number of hydrogen-bond acceptors (Lipinski definition) is 5. The van der Waals surface area contributed by atoms with E-state index in [0.717, 1.165) is 30.0 Å². The van der Waals surface area contributed by atoms with Gasteiger partial charge in [0.05, 0.1) is 17.1 Å². The van der Waals surface area contributed by atoms with Crippen molar-refractivity contribution in [3.63, 3.8) is 0 Å². The molecule has 0 spiro atoms. The van der Waals surface area contributed by atoms with Crippen molar-refractivity contribution in [3.8, 4) is 5.75 Å². The van der Waals surface area contributed by atoms with Crippen molar-refractivity contribution in [1.29, 1.82) is 0 Å². The van der Waals surface area contributed by atoms with E-state index in [1.807, 2.05) is 0 Å². The molecule has 0 unspecified atom stereocenters. The number of aromatic amines is 1. The third-order valence-electron chi connectivity index (χ3n) is 3.21. The maximum absolute atomic E-state index is 13.0. The van der Waals surface area contributed by atoms with Gasteiger partial charge in [-0.1, -0.05) is 11.8 Å². The van der Waals surface area contributed by atoms with Crippen LogP contribution in [0.3, 0.4) is 0 Å². The molecule has 0 saturated carbocycles. The Kier molecular flexibility index (Phi) is 6.26. The van der Waals surface area contributed by atoms with E-state index in [-0.39, 0.29) is 22.3 Å². The monoisotopic (exact) mass is 402 g/mol. The van der Waals surface area contributed by atoms with Crippen LogP contribution < -0.4 is 5.32 Å². The lowest BCUT2D eigenvalue weighted by molar-refractivity contribution is -0.113. The molecule has 0 fully saturated rings. The standard InChI is InChI=1S/C16H14F4N4O2S/c1-8-11(6-13(21-2)16(18,19)20)24-15(22-8)27-7-14(26)23-9-3-4-10(17)12(25)5-9/h3-6,25H,2,7H2,1H3,(H,22,24)(H,23,26)/b13-6-. The second-order valence-corrected chi connectivity index (χ2v) is 6.19. The number of phenols is 1. The Morgan fingerprint density at radius 3 is 2.78 bits per heavy atom. The van der Waals surface area contributed by atoms with E-state index in [4.69, 9.17) is 0 Å². The number of amides is 1. The normalized spacial score (nSPS) is 12.1. The van der Waals surface area contributed by atoms with Crippen LogP contribution in [-0.2, 0) is 4.79 Å². The van der Waals surface area contributed by atoms with Gasteiger partial charge < -0.3 is 15.4 Å². The number of aromatic hydroxyl groups is 1. The van der Waals surface area contributed by atoms with Gasteiger partial charge in [-0.15, -0.1) is 0 Å². The number of carbonyl (C=O) groups excluding carboxylic acids is 1. The fourth-order valence-electron chi connectivity index (χ4n) is 1.93. The maximum Gasteiger partial charge on any atom is 0.433 e. The van der Waals surface area contributed by atoms with Crippen molar-refractivity contribution < 1.29 is 27.5 Å². The zero-order valence-electron chi connectivity index (χ0n) is 13.9. The minimum absolute atomic E-state index is 0.0982. The minimum atomic E-state index is -4.65. The Morgan fingerprint density at radius 1 is 1.48 bits per heavy atom. The van der Waals surface area contributed by atoms with E-state index in [1.54, 1.807) is 0 Å². The van der Waals surface area contributed by atoms with Crippen LogP contribution in [0.15, 0.2) is 34.0 Å². The number of H-pyrrole nitrogens is 1. The van der Waals surface area contributed by atoms with Gasteiger partial charge in [-0.05, 0) is 31.9 Å². The third kappa shape index (κ3) is 5.58. The molecule has 1 amide bonds. The number of aliphatic imine (C=N–C) groups is 1. The molecule has 2 aromatic rings. The predicted octanol–water partition coefficient (Wildman–Crippen LogP) is 3.90. The van der Waals surface area contributed by atoms with Crippen LogP contribution in [0.2, 0.25) is 0 Å². The number of benzene rings is 1. The van der Waals surface area contributed by atoms with Crippen LogP contribution in [0.4, 0.5) is 23.2 Å². The molecule has 0 radical (unpaired) electrons. The summed E-state index contributed by atoms with van der Waals surface area (Å²) in [6, 6.07) is 3.33. The van der Waals surface area contributed by atoms with Gasteiger partial charge >= 0.3 is 6.18 Å². The fraction of sp³-hybridized carbons (Fsp3) is 0.188. The number of phenolic OH excluding ortho intramolecular Hbond substituents is 1. The SMILES string of the molecule is C=N/C(=C\c1[nH]c(SCC(=O)Nc2ccc(F)c(O)c2)nc1C)C(F)(F)F. The van der Waals surface area contributed by atoms with Crippen molar-refractivity contribution in [2.45, 2.75) is 18.3 Å². The molecule has 11 heteroatoms. The summed E-state index contributed by atoms with van der Waals surface area (Å²) < 4.78 is 51.1. The molecule has 1 aromatic heterocycles. The average Bonchev–Trinajstić information content (AvgIpc) is 2.93. The zero-order chi connectivity index (χ0) is 20.2. The van der Waals surface area contributed by atoms with E-state index in [9.17, 15) is 27.5 Å². The van der Waals surface area contributed by atoms with Crippen LogP contribution in [0, 0.1) is 12.7 Å². The number of anilines is 1. The van der Waals surface area contributed by atoms with Gasteiger partial charge in [0.1, 0.15) is 5.70 Å². The first kappa shape index (κ1) is 20.5. The Bertz CT molecular complexity index is 893. The Morgan fingerprint density at radius 2 is 2.19 bits per heavy atom. The molecular formula is C16H14F4N4O2S. The van der Waals surface area contributed by atoms with Crippen LogP contribution in [0.25, 0.3) is 6.08 Å². The number of rotatable bonds is 6. The smallest absolute Gasteiger partial charge is 0.433 e. The highest BCUT2D eigenvalue weighted by molar-refractivity contribution is 7.99. The first-order chi connectivity index (χ1) is 12.6. The highest BCUT2D eigenvalue weighted by atomic mass is 32.2. The Labute approximate surface area is 155 Å². The molecule has 0 bridgehead atoms. The van der Waals surface area contributed by atoms with Crippen molar-refractivity contribution in [2.75, 3.05) is 11.1 Å². The van der Waals surface area contributed by atoms with Crippen LogP contribution >= 0.6 is 11.8 Å². The summed E-state index contributed by atoms with van der Waals surface area (Å²) in [6.07, 6.45) is -3.87. The second-order valence-electron chi connectivity index (χ2n) is 5.23. The highest BCUT2D eigenvalue weighted by Crippen LogP contribution is 2.29. The van der Waals surface area contributed by atoms with Gasteiger partial charge in [-0.2, -0.15) is 13.2 Å². The molecule has 2 rings (SSSR count). The van der Waals surface area contributed by atoms with Crippen LogP contribution in [0.1, 0.15) is 11.4 Å². The molecule has 27 heavy (non-hydrogen) atoms. The van der Waals surface area contributed by atoms with Gasteiger partial charge in [0.2, 0.25) is 5.91 Å². The molecule has 0 aliphatic rings. The van der Waals surface area contributed by atoms with Crippen LogP contribution in [-0.4, -0.2) is 39.6 Å². The molecule has 1 aromatic carbocycles. The minimum Gasteiger partial charge on any atom is -0.505 e. The molecule has 3 N–H and O–H groups in total. The number of carbonyl (C=O) groups is 1. The number of halogens is 4. The lowest BCUT2D eigenvalue weighted by Gasteiger charge is -2.05. The number of nitrogens with one attached hydrogen (secondary N) is 2. The summed E-state index contributed by atoms with van der Waals surface area (Å²) in [6.45, 7) is 4.40. The van der Waals surface area contributed by atoms with Gasteiger partial charge in [0.25, 0.3) is 0 Å². The number of alkyl halides is 3. The largest absolute Gasteiger partial charge is 0.505 e. The molecular weight excluding hydrogens is 388 g/mol. The Hall–Kier alpha value is -2.82. The summed E-state index contributed by atoms with van der Waals surface area (Å²) in [7, 11) is 0. The number of aromatic nitrogens is 2. The number of imidazole rings is 1. The Balaban J connectivity index is 2.02. The van der Waals surface area contributed by atoms with E-state index >= 15 is 0 Å². The van der Waals surface area contributed by atoms with E-state index in [1.165, 1.54) is 13.0 Å². The quantitative estimate of drug-likeness (QED) is 0.388. The lowest BCUT2D eigenvalue weighted by Crippen LogP contribution is -2.14. The van der Waals surface area contributed by atoms with Gasteiger partial charge in [0.15, 0.2) is 16.7 Å². The third-order valence-corrected chi connectivity index (χ3v) is 4.09. The second kappa shape index (κ2) is 8.25. The zero-order valence-corrected chi connectivity index (χ0v) is 14.7. The van der Waals surface area contributed by atoms with Crippen LogP contribution in [0.5, 0.6) is 5.75 Å². The number of nitrogens with zero attached hydrogens (tertiary/aromatic N) is 2. The maximum atomic E-state index is 13.0. The lowest BCUT2D eigenvalue weighted by atomic mass is 10.3. The predicted molar refractivity (Wildman–Crippen MR) is 94.3 cm³/mol. The highest BCUT2D eigenvalue weighted by Gasteiger charge is 2.33. The topological polar surface area (TPSA) is 90.4 Å². The van der Waals surface area contributed by atoms with Gasteiger partial charge in [0, 0.05) is 11.8 Å². The molecule has 0 saturated heterocycles. The molecule has 1 heterocycles. The summed E-state index contributed by atoms with van der Waals surface area (Å²) in [5.41, 5.74) is -0.571. The van der Waals surface area contributed by atoms with E-state index < -0.39 is 29.3 Å². The number of thioether (sulfide) groups is 1. The van der Waals surface area contributed by atoms with E-state index in [0.29, 0.717) is 5.69 Å². The van der Waals surface area contributed by atoms with Gasteiger partial charge in [-0.25, -0.2) is 9.37 Å². The summed E-state index contributed by atoms with van der Waals surface area (Å²) in [5, 5.41) is 11.9. The van der Waals surface area contributed by atoms with Crippen molar-refractivity contribution in [3.05, 3.63) is 41.1 Å². The van der Waals surface area contributed by atoms with Gasteiger partial charge in [-0.3, -0.25) is 9.79 Å². The fourth-order valence-corrected chi connectivity index (χ4v) is 2.65. The molecule has 0 aliphatic heterocycles. The summed E-state index contributed by atoms with van der Waals surface area (Å²) in [4.78, 5) is 21.6.